The van der Waals surface area contributed by atoms with Crippen molar-refractivity contribution in [3.05, 3.63) is 47.8 Å². The lowest BCUT2D eigenvalue weighted by Gasteiger charge is -2.18. The fourth-order valence-corrected chi connectivity index (χ4v) is 2.51. The third kappa shape index (κ3) is 4.05. The summed E-state index contributed by atoms with van der Waals surface area (Å²) >= 11 is 1.59. The Hall–Kier alpha value is -1.39. The van der Waals surface area contributed by atoms with E-state index >= 15 is 0 Å². The van der Waals surface area contributed by atoms with Gasteiger partial charge in [0.25, 0.3) is 0 Å². The van der Waals surface area contributed by atoms with E-state index in [2.05, 4.69) is 60.3 Å². The lowest BCUT2D eigenvalue weighted by Crippen LogP contribution is -2.10. The predicted molar refractivity (Wildman–Crippen MR) is 84.1 cm³/mol. The van der Waals surface area contributed by atoms with Crippen molar-refractivity contribution in [3.8, 4) is 0 Å². The molecule has 20 heavy (non-hydrogen) atoms. The van der Waals surface area contributed by atoms with Gasteiger partial charge in [0.1, 0.15) is 0 Å². The molecule has 0 amide bonds. The van der Waals surface area contributed by atoms with Crippen LogP contribution in [0.5, 0.6) is 0 Å². The van der Waals surface area contributed by atoms with Gasteiger partial charge in [-0.15, -0.1) is 0 Å². The summed E-state index contributed by atoms with van der Waals surface area (Å²) in [6.45, 7) is 7.46. The zero-order valence-electron chi connectivity index (χ0n) is 12.5. The SMILES string of the molecule is CNCc1cnc(Sc2ccc(C(C)(C)C)cc2)nc1. The van der Waals surface area contributed by atoms with Crippen LogP contribution in [0.1, 0.15) is 31.9 Å². The van der Waals surface area contributed by atoms with Crippen molar-refractivity contribution < 1.29 is 0 Å². The topological polar surface area (TPSA) is 37.8 Å². The van der Waals surface area contributed by atoms with Crippen molar-refractivity contribution in [2.45, 2.75) is 42.8 Å². The molecule has 0 aliphatic carbocycles. The first-order valence-electron chi connectivity index (χ1n) is 6.73. The maximum atomic E-state index is 4.38. The zero-order chi connectivity index (χ0) is 14.6. The highest BCUT2D eigenvalue weighted by atomic mass is 32.2. The molecule has 4 heteroatoms. The molecule has 0 radical (unpaired) electrons. The molecule has 0 saturated carbocycles. The van der Waals surface area contributed by atoms with Crippen molar-refractivity contribution >= 4 is 11.8 Å². The lowest BCUT2D eigenvalue weighted by atomic mass is 9.87. The van der Waals surface area contributed by atoms with Crippen molar-refractivity contribution in [1.29, 1.82) is 0 Å². The predicted octanol–water partition coefficient (Wildman–Crippen LogP) is 3.64. The van der Waals surface area contributed by atoms with Crippen LogP contribution in [0, 0.1) is 0 Å². The van der Waals surface area contributed by atoms with Gasteiger partial charge in [-0.1, -0.05) is 32.9 Å². The quantitative estimate of drug-likeness (QED) is 0.871. The first kappa shape index (κ1) is 15.0. The molecular weight excluding hydrogens is 266 g/mol. The minimum absolute atomic E-state index is 0.189. The molecule has 0 unspecified atom stereocenters. The van der Waals surface area contributed by atoms with E-state index in [1.165, 1.54) is 10.5 Å². The molecule has 0 atom stereocenters. The second-order valence-electron chi connectivity index (χ2n) is 5.78. The average Bonchev–Trinajstić information content (AvgIpc) is 2.41. The first-order valence-corrected chi connectivity index (χ1v) is 7.54. The van der Waals surface area contributed by atoms with E-state index in [9.17, 15) is 0 Å². The van der Waals surface area contributed by atoms with E-state index in [1.807, 2.05) is 19.4 Å². The number of aromatic nitrogens is 2. The van der Waals surface area contributed by atoms with Gasteiger partial charge in [-0.3, -0.25) is 0 Å². The Balaban J connectivity index is 2.06. The first-order chi connectivity index (χ1) is 9.49. The Labute approximate surface area is 125 Å². The Bertz CT molecular complexity index is 541. The Morgan fingerprint density at radius 2 is 1.65 bits per heavy atom. The molecular formula is C16H21N3S. The monoisotopic (exact) mass is 287 g/mol. The van der Waals surface area contributed by atoms with Gasteiger partial charge >= 0.3 is 0 Å². The highest BCUT2D eigenvalue weighted by molar-refractivity contribution is 7.99. The van der Waals surface area contributed by atoms with Gasteiger partial charge in [-0.05, 0) is 41.9 Å². The third-order valence-electron chi connectivity index (χ3n) is 2.99. The molecule has 2 aromatic rings. The number of benzene rings is 1. The Kier molecular flexibility index (Phi) is 4.78. The molecule has 0 aliphatic rings. The van der Waals surface area contributed by atoms with E-state index in [1.54, 1.807) is 11.8 Å². The van der Waals surface area contributed by atoms with Crippen LogP contribution < -0.4 is 5.32 Å². The summed E-state index contributed by atoms with van der Waals surface area (Å²) in [6, 6.07) is 8.63. The summed E-state index contributed by atoms with van der Waals surface area (Å²) in [5.74, 6) is 0. The van der Waals surface area contributed by atoms with E-state index < -0.39 is 0 Å². The number of nitrogens with one attached hydrogen (secondary N) is 1. The van der Waals surface area contributed by atoms with E-state index in [-0.39, 0.29) is 5.41 Å². The number of hydrogen-bond acceptors (Lipinski definition) is 4. The van der Waals surface area contributed by atoms with Crippen molar-refractivity contribution in [3.63, 3.8) is 0 Å². The molecule has 106 valence electrons. The molecule has 2 rings (SSSR count). The van der Waals surface area contributed by atoms with E-state index in [0.29, 0.717) is 0 Å². The van der Waals surface area contributed by atoms with Gasteiger partial charge in [-0.25, -0.2) is 9.97 Å². The van der Waals surface area contributed by atoms with Crippen LogP contribution in [0.15, 0.2) is 46.7 Å². The summed E-state index contributed by atoms with van der Waals surface area (Å²) in [7, 11) is 1.92. The van der Waals surface area contributed by atoms with E-state index in [4.69, 9.17) is 0 Å². The fourth-order valence-electron chi connectivity index (χ4n) is 1.82. The van der Waals surface area contributed by atoms with Crippen LogP contribution in [0.25, 0.3) is 0 Å². The molecule has 1 heterocycles. The summed E-state index contributed by atoms with van der Waals surface area (Å²) in [5, 5.41) is 3.87. The maximum absolute atomic E-state index is 4.38. The van der Waals surface area contributed by atoms with Crippen LogP contribution in [-0.2, 0) is 12.0 Å². The standard InChI is InChI=1S/C16H21N3S/c1-16(2,3)13-5-7-14(8-6-13)20-15-18-10-12(9-17-4)11-19-15/h5-8,10-11,17H,9H2,1-4H3. The molecule has 1 aromatic heterocycles. The Morgan fingerprint density at radius 3 is 2.15 bits per heavy atom. The number of rotatable bonds is 4. The lowest BCUT2D eigenvalue weighted by molar-refractivity contribution is 0.590. The molecule has 0 aliphatic heterocycles. The minimum atomic E-state index is 0.189. The maximum Gasteiger partial charge on any atom is 0.192 e. The second kappa shape index (κ2) is 6.37. The van der Waals surface area contributed by atoms with Crippen LogP contribution in [0.2, 0.25) is 0 Å². The molecule has 0 bridgehead atoms. The van der Waals surface area contributed by atoms with Gasteiger partial charge in [-0.2, -0.15) is 0 Å². The van der Waals surface area contributed by atoms with Crippen molar-refractivity contribution in [2.24, 2.45) is 0 Å². The van der Waals surface area contributed by atoms with Gasteiger partial charge in [0.2, 0.25) is 0 Å². The highest BCUT2D eigenvalue weighted by Gasteiger charge is 2.13. The number of hydrogen-bond donors (Lipinski definition) is 1. The van der Waals surface area contributed by atoms with Gasteiger partial charge in [0.15, 0.2) is 5.16 Å². The molecule has 1 N–H and O–H groups in total. The summed E-state index contributed by atoms with van der Waals surface area (Å²) in [6.07, 6.45) is 3.74. The second-order valence-corrected chi connectivity index (χ2v) is 6.82. The van der Waals surface area contributed by atoms with Crippen LogP contribution >= 0.6 is 11.8 Å². The average molecular weight is 287 g/mol. The van der Waals surface area contributed by atoms with Gasteiger partial charge < -0.3 is 5.32 Å². The van der Waals surface area contributed by atoms with Crippen molar-refractivity contribution in [2.75, 3.05) is 7.05 Å². The van der Waals surface area contributed by atoms with Crippen LogP contribution in [0.4, 0.5) is 0 Å². The zero-order valence-corrected chi connectivity index (χ0v) is 13.3. The number of nitrogens with zero attached hydrogens (tertiary/aromatic N) is 2. The smallest absolute Gasteiger partial charge is 0.192 e. The van der Waals surface area contributed by atoms with Crippen molar-refractivity contribution in [1.82, 2.24) is 15.3 Å². The normalized spacial score (nSPS) is 11.6. The summed E-state index contributed by atoms with van der Waals surface area (Å²) < 4.78 is 0. The van der Waals surface area contributed by atoms with Gasteiger partial charge in [0, 0.05) is 29.4 Å². The van der Waals surface area contributed by atoms with Crippen LogP contribution in [0.3, 0.4) is 0 Å². The molecule has 0 spiro atoms. The Morgan fingerprint density at radius 1 is 1.05 bits per heavy atom. The molecule has 3 nitrogen and oxygen atoms in total. The van der Waals surface area contributed by atoms with E-state index in [0.717, 1.165) is 17.3 Å². The summed E-state index contributed by atoms with van der Waals surface area (Å²) in [5.41, 5.74) is 2.63. The fraction of sp³-hybridized carbons (Fsp3) is 0.375. The molecule has 1 aromatic carbocycles. The molecule has 0 fully saturated rings. The summed E-state index contributed by atoms with van der Waals surface area (Å²) in [4.78, 5) is 9.92. The minimum Gasteiger partial charge on any atom is -0.316 e. The van der Waals surface area contributed by atoms with Crippen LogP contribution in [-0.4, -0.2) is 17.0 Å². The largest absolute Gasteiger partial charge is 0.316 e. The molecule has 0 saturated heterocycles. The third-order valence-corrected chi connectivity index (χ3v) is 3.89. The highest BCUT2D eigenvalue weighted by Crippen LogP contribution is 2.28. The van der Waals surface area contributed by atoms with Gasteiger partial charge in [0.05, 0.1) is 0 Å².